The SMILES string of the molecule is CC(C)(C)OC(=O)NC1CN(C(C(=O)O)c2coc3ccccc23)C1. The lowest BCUT2D eigenvalue weighted by Crippen LogP contribution is -2.61. The molecule has 7 nitrogen and oxygen atoms in total. The third-order valence-corrected chi connectivity index (χ3v) is 4.04. The molecule has 1 aromatic heterocycles. The number of amides is 1. The molecule has 7 heteroatoms. The monoisotopic (exact) mass is 346 g/mol. The van der Waals surface area contributed by atoms with Crippen LogP contribution in [0.3, 0.4) is 0 Å². The highest BCUT2D eigenvalue weighted by atomic mass is 16.6. The van der Waals surface area contributed by atoms with Gasteiger partial charge in [0, 0.05) is 24.0 Å². The number of ether oxygens (including phenoxy) is 1. The van der Waals surface area contributed by atoms with Crippen LogP contribution in [-0.4, -0.2) is 46.8 Å². The normalized spacial score (nSPS) is 17.1. The molecule has 1 unspecified atom stereocenters. The highest BCUT2D eigenvalue weighted by Crippen LogP contribution is 2.33. The van der Waals surface area contributed by atoms with E-state index in [-0.39, 0.29) is 6.04 Å². The quantitative estimate of drug-likeness (QED) is 0.884. The first kappa shape index (κ1) is 17.3. The number of aliphatic carboxylic acids is 1. The predicted molar refractivity (Wildman–Crippen MR) is 91.3 cm³/mol. The van der Waals surface area contributed by atoms with Gasteiger partial charge in [0.05, 0.1) is 12.3 Å². The number of para-hydroxylation sites is 1. The summed E-state index contributed by atoms with van der Waals surface area (Å²) in [5.41, 5.74) is 0.721. The van der Waals surface area contributed by atoms with E-state index < -0.39 is 23.7 Å². The van der Waals surface area contributed by atoms with Gasteiger partial charge in [-0.1, -0.05) is 18.2 Å². The summed E-state index contributed by atoms with van der Waals surface area (Å²) in [7, 11) is 0. The fourth-order valence-electron chi connectivity index (χ4n) is 2.99. The predicted octanol–water partition coefficient (Wildman–Crippen LogP) is 2.77. The smallest absolute Gasteiger partial charge is 0.407 e. The van der Waals surface area contributed by atoms with Crippen molar-refractivity contribution in [3.8, 4) is 0 Å². The number of rotatable bonds is 4. The third kappa shape index (κ3) is 3.76. The Morgan fingerprint density at radius 2 is 2.00 bits per heavy atom. The van der Waals surface area contributed by atoms with Crippen molar-refractivity contribution in [2.45, 2.75) is 38.5 Å². The molecular formula is C18H22N2O5. The van der Waals surface area contributed by atoms with Crippen LogP contribution in [0, 0.1) is 0 Å². The molecule has 2 heterocycles. The molecule has 1 aromatic carbocycles. The zero-order valence-electron chi connectivity index (χ0n) is 14.5. The highest BCUT2D eigenvalue weighted by Gasteiger charge is 2.39. The number of fused-ring (bicyclic) bond motifs is 1. The van der Waals surface area contributed by atoms with E-state index in [1.807, 2.05) is 18.2 Å². The first-order valence-corrected chi connectivity index (χ1v) is 8.17. The first-order chi connectivity index (χ1) is 11.7. The standard InChI is InChI=1S/C18H22N2O5/c1-18(2,3)25-17(23)19-11-8-20(9-11)15(16(21)22)13-10-24-14-7-5-4-6-12(13)14/h4-7,10-11,15H,8-9H2,1-3H3,(H,19,23)(H,21,22). The number of hydrogen-bond donors (Lipinski definition) is 2. The van der Waals surface area contributed by atoms with Gasteiger partial charge in [0.2, 0.25) is 0 Å². The zero-order chi connectivity index (χ0) is 18.2. The Labute approximate surface area is 145 Å². The molecule has 0 spiro atoms. The van der Waals surface area contributed by atoms with Gasteiger partial charge < -0.3 is 19.6 Å². The molecule has 0 radical (unpaired) electrons. The second-order valence-electron chi connectivity index (χ2n) is 7.23. The fraction of sp³-hybridized carbons (Fsp3) is 0.444. The molecular weight excluding hydrogens is 324 g/mol. The summed E-state index contributed by atoms with van der Waals surface area (Å²) in [6.45, 7) is 6.27. The van der Waals surface area contributed by atoms with Crippen molar-refractivity contribution in [3.05, 3.63) is 36.1 Å². The fourth-order valence-corrected chi connectivity index (χ4v) is 2.99. The number of nitrogens with zero attached hydrogens (tertiary/aromatic N) is 1. The lowest BCUT2D eigenvalue weighted by molar-refractivity contribution is -0.145. The number of carboxylic acid groups (broad SMARTS) is 1. The minimum atomic E-state index is -0.942. The number of hydrogen-bond acceptors (Lipinski definition) is 5. The summed E-state index contributed by atoms with van der Waals surface area (Å²) in [6, 6.07) is 6.41. The van der Waals surface area contributed by atoms with Crippen molar-refractivity contribution in [1.29, 1.82) is 0 Å². The van der Waals surface area contributed by atoms with Crippen molar-refractivity contribution >= 4 is 23.0 Å². The maximum Gasteiger partial charge on any atom is 0.407 e. The van der Waals surface area contributed by atoms with Crippen molar-refractivity contribution < 1.29 is 23.8 Å². The maximum absolute atomic E-state index is 11.8. The van der Waals surface area contributed by atoms with Crippen molar-refractivity contribution in [1.82, 2.24) is 10.2 Å². The molecule has 2 aromatic rings. The molecule has 0 aliphatic carbocycles. The summed E-state index contributed by atoms with van der Waals surface area (Å²) in [5, 5.41) is 13.2. The molecule has 1 fully saturated rings. The molecule has 1 aliphatic rings. The molecule has 0 saturated carbocycles. The average molecular weight is 346 g/mol. The Hall–Kier alpha value is -2.54. The number of carboxylic acids is 1. The molecule has 134 valence electrons. The summed E-state index contributed by atoms with van der Waals surface area (Å²) >= 11 is 0. The van der Waals surface area contributed by atoms with Crippen LogP contribution in [0.15, 0.2) is 34.9 Å². The van der Waals surface area contributed by atoms with Crippen LogP contribution < -0.4 is 5.32 Å². The third-order valence-electron chi connectivity index (χ3n) is 4.04. The summed E-state index contributed by atoms with van der Waals surface area (Å²) in [6.07, 6.45) is 1.01. The van der Waals surface area contributed by atoms with Gasteiger partial charge in [-0.15, -0.1) is 0 Å². The summed E-state index contributed by atoms with van der Waals surface area (Å²) < 4.78 is 10.7. The van der Waals surface area contributed by atoms with Crippen molar-refractivity contribution in [2.24, 2.45) is 0 Å². The molecule has 1 aliphatic heterocycles. The van der Waals surface area contributed by atoms with E-state index >= 15 is 0 Å². The second kappa shape index (κ2) is 6.40. The van der Waals surface area contributed by atoms with Crippen LogP contribution in [0.4, 0.5) is 4.79 Å². The van der Waals surface area contributed by atoms with Crippen LogP contribution in [0.2, 0.25) is 0 Å². The van der Waals surface area contributed by atoms with Gasteiger partial charge in [-0.3, -0.25) is 9.69 Å². The minimum absolute atomic E-state index is 0.130. The van der Waals surface area contributed by atoms with Gasteiger partial charge in [0.25, 0.3) is 0 Å². The van der Waals surface area contributed by atoms with Crippen LogP contribution in [0.5, 0.6) is 0 Å². The highest BCUT2D eigenvalue weighted by molar-refractivity contribution is 5.87. The molecule has 3 rings (SSSR count). The largest absolute Gasteiger partial charge is 0.480 e. The van der Waals surface area contributed by atoms with Gasteiger partial charge >= 0.3 is 12.1 Å². The number of benzene rings is 1. The number of alkyl carbamates (subject to hydrolysis) is 1. The maximum atomic E-state index is 11.8. The molecule has 2 N–H and O–H groups in total. The number of likely N-dealkylation sites (tertiary alicyclic amines) is 1. The van der Waals surface area contributed by atoms with E-state index in [4.69, 9.17) is 9.15 Å². The van der Waals surface area contributed by atoms with E-state index in [0.717, 1.165) is 5.39 Å². The van der Waals surface area contributed by atoms with E-state index in [0.29, 0.717) is 24.2 Å². The molecule has 1 saturated heterocycles. The summed E-state index contributed by atoms with van der Waals surface area (Å²) in [5.74, 6) is -0.942. The topological polar surface area (TPSA) is 92.0 Å². The van der Waals surface area contributed by atoms with E-state index in [9.17, 15) is 14.7 Å². The van der Waals surface area contributed by atoms with E-state index in [1.54, 1.807) is 31.7 Å². The Bertz CT molecular complexity index is 786. The van der Waals surface area contributed by atoms with Gasteiger partial charge in [0.15, 0.2) is 0 Å². The zero-order valence-corrected chi connectivity index (χ0v) is 14.5. The van der Waals surface area contributed by atoms with Gasteiger partial charge in [-0.2, -0.15) is 0 Å². The van der Waals surface area contributed by atoms with Crippen LogP contribution in [0.25, 0.3) is 11.0 Å². The summed E-state index contributed by atoms with van der Waals surface area (Å²) in [4.78, 5) is 25.4. The Morgan fingerprint density at radius 1 is 1.32 bits per heavy atom. The van der Waals surface area contributed by atoms with E-state index in [1.165, 1.54) is 6.26 Å². The van der Waals surface area contributed by atoms with E-state index in [2.05, 4.69) is 5.32 Å². The number of carbonyl (C=O) groups is 2. The minimum Gasteiger partial charge on any atom is -0.480 e. The number of furan rings is 1. The lowest BCUT2D eigenvalue weighted by atomic mass is 9.99. The van der Waals surface area contributed by atoms with Gasteiger partial charge in [0.1, 0.15) is 17.2 Å². The second-order valence-corrected chi connectivity index (χ2v) is 7.23. The molecule has 0 bridgehead atoms. The number of nitrogens with one attached hydrogen (secondary N) is 1. The van der Waals surface area contributed by atoms with Gasteiger partial charge in [-0.25, -0.2) is 4.79 Å². The Morgan fingerprint density at radius 3 is 2.64 bits per heavy atom. The molecule has 25 heavy (non-hydrogen) atoms. The van der Waals surface area contributed by atoms with Crippen LogP contribution >= 0.6 is 0 Å². The first-order valence-electron chi connectivity index (χ1n) is 8.17. The van der Waals surface area contributed by atoms with Crippen molar-refractivity contribution in [2.75, 3.05) is 13.1 Å². The lowest BCUT2D eigenvalue weighted by Gasteiger charge is -2.42. The average Bonchev–Trinajstić information content (AvgIpc) is 2.86. The molecule has 1 amide bonds. The molecule has 1 atom stereocenters. The number of carbonyl (C=O) groups excluding carboxylic acids is 1. The van der Waals surface area contributed by atoms with Crippen molar-refractivity contribution in [3.63, 3.8) is 0 Å². The van der Waals surface area contributed by atoms with Gasteiger partial charge in [-0.05, 0) is 26.8 Å². The Balaban J connectivity index is 1.67. The van der Waals surface area contributed by atoms with Crippen LogP contribution in [0.1, 0.15) is 32.4 Å². The van der Waals surface area contributed by atoms with Crippen LogP contribution in [-0.2, 0) is 9.53 Å². The Kier molecular flexibility index (Phi) is 4.43.